The van der Waals surface area contributed by atoms with Gasteiger partial charge in [-0.3, -0.25) is 4.79 Å². The molecule has 3 unspecified atom stereocenters. The van der Waals surface area contributed by atoms with Crippen molar-refractivity contribution in [3.8, 4) is 0 Å². The lowest BCUT2D eigenvalue weighted by atomic mass is 9.83. The third-order valence-corrected chi connectivity index (χ3v) is 6.86. The summed E-state index contributed by atoms with van der Waals surface area (Å²) in [5.74, 6) is 0.948. The maximum Gasteiger partial charge on any atom is 0.223 e. The second-order valence-corrected chi connectivity index (χ2v) is 8.73. The van der Waals surface area contributed by atoms with Crippen molar-refractivity contribution in [2.75, 3.05) is 24.6 Å². The summed E-state index contributed by atoms with van der Waals surface area (Å²) in [5, 5.41) is 0. The van der Waals surface area contributed by atoms with Crippen molar-refractivity contribution >= 4 is 15.7 Å². The van der Waals surface area contributed by atoms with Gasteiger partial charge in [0.05, 0.1) is 11.5 Å². The van der Waals surface area contributed by atoms with Gasteiger partial charge >= 0.3 is 0 Å². The molecule has 0 spiro atoms. The van der Waals surface area contributed by atoms with Crippen molar-refractivity contribution in [1.82, 2.24) is 4.90 Å². The van der Waals surface area contributed by atoms with E-state index in [1.165, 1.54) is 6.42 Å². The van der Waals surface area contributed by atoms with Crippen LogP contribution in [-0.4, -0.2) is 49.9 Å². The largest absolute Gasteiger partial charge is 0.340 e. The number of nitrogens with zero attached hydrogens (tertiary/aromatic N) is 1. The molecule has 0 aromatic heterocycles. The van der Waals surface area contributed by atoms with Crippen molar-refractivity contribution in [3.05, 3.63) is 0 Å². The molecule has 0 aromatic carbocycles. The van der Waals surface area contributed by atoms with Crippen LogP contribution < -0.4 is 5.73 Å². The van der Waals surface area contributed by atoms with E-state index in [2.05, 4.69) is 0 Å². The molecule has 2 N–H and O–H groups in total. The van der Waals surface area contributed by atoms with Gasteiger partial charge in [0.1, 0.15) is 0 Å². The summed E-state index contributed by atoms with van der Waals surface area (Å²) in [6, 6.07) is 0.249. The fraction of sp³-hybridized carbons (Fsp3) is 0.933. The third-order valence-electron chi connectivity index (χ3n) is 5.02. The first kappa shape index (κ1) is 16.7. The van der Waals surface area contributed by atoms with Crippen LogP contribution in [0.3, 0.4) is 0 Å². The van der Waals surface area contributed by atoms with E-state index in [1.54, 1.807) is 0 Å². The summed E-state index contributed by atoms with van der Waals surface area (Å²) in [5.41, 5.74) is 5.87. The van der Waals surface area contributed by atoms with Gasteiger partial charge in [-0.15, -0.1) is 0 Å². The molecule has 0 radical (unpaired) electrons. The summed E-state index contributed by atoms with van der Waals surface area (Å²) in [4.78, 5) is 14.6. The first-order chi connectivity index (χ1) is 9.96. The Hall–Kier alpha value is -0.620. The lowest BCUT2D eigenvalue weighted by Crippen LogP contribution is -2.48. The van der Waals surface area contributed by atoms with Crippen molar-refractivity contribution in [2.45, 2.75) is 51.5 Å². The SMILES string of the molecule is CCN(C(=O)CC1CCS(=O)(=O)C1)C1CCCCC1CN. The highest BCUT2D eigenvalue weighted by atomic mass is 32.2. The molecule has 1 aliphatic carbocycles. The number of nitrogens with two attached hydrogens (primary N) is 1. The molecular formula is C15H28N2O3S. The maximum absolute atomic E-state index is 12.6. The first-order valence-electron chi connectivity index (χ1n) is 8.16. The topological polar surface area (TPSA) is 80.5 Å². The minimum atomic E-state index is -2.90. The molecule has 1 amide bonds. The van der Waals surface area contributed by atoms with Crippen LogP contribution in [0.25, 0.3) is 0 Å². The molecular weight excluding hydrogens is 288 g/mol. The Labute approximate surface area is 128 Å². The zero-order chi connectivity index (χ0) is 15.5. The third kappa shape index (κ3) is 4.19. The predicted octanol–water partition coefficient (Wildman–Crippen LogP) is 1.18. The molecule has 6 heteroatoms. The molecule has 2 rings (SSSR count). The standard InChI is InChI=1S/C15H28N2O3S/c1-2-17(14-6-4-3-5-13(14)10-16)15(18)9-12-7-8-21(19,20)11-12/h12-14H,2-11,16H2,1H3. The van der Waals surface area contributed by atoms with Gasteiger partial charge in [-0.25, -0.2) is 8.42 Å². The number of hydrogen-bond acceptors (Lipinski definition) is 4. The molecule has 0 aromatic rings. The fourth-order valence-electron chi connectivity index (χ4n) is 3.87. The highest BCUT2D eigenvalue weighted by Crippen LogP contribution is 2.30. The van der Waals surface area contributed by atoms with Crippen molar-refractivity contribution in [3.63, 3.8) is 0 Å². The van der Waals surface area contributed by atoms with Gasteiger partial charge in [-0.1, -0.05) is 12.8 Å². The Morgan fingerprint density at radius 3 is 2.52 bits per heavy atom. The highest BCUT2D eigenvalue weighted by molar-refractivity contribution is 7.91. The number of carbonyl (C=O) groups excluding carboxylic acids is 1. The summed E-state index contributed by atoms with van der Waals surface area (Å²) in [6.45, 7) is 3.33. The van der Waals surface area contributed by atoms with Gasteiger partial charge in [0.2, 0.25) is 5.91 Å². The van der Waals surface area contributed by atoms with Crippen LogP contribution in [0.4, 0.5) is 0 Å². The van der Waals surface area contributed by atoms with Gasteiger partial charge in [-0.2, -0.15) is 0 Å². The van der Waals surface area contributed by atoms with E-state index in [4.69, 9.17) is 5.73 Å². The normalized spacial score (nSPS) is 32.0. The molecule has 0 bridgehead atoms. The van der Waals surface area contributed by atoms with Gasteiger partial charge in [0, 0.05) is 19.0 Å². The van der Waals surface area contributed by atoms with Gasteiger partial charge in [0.25, 0.3) is 0 Å². The molecule has 1 heterocycles. The maximum atomic E-state index is 12.6. The van der Waals surface area contributed by atoms with Crippen molar-refractivity contribution < 1.29 is 13.2 Å². The van der Waals surface area contributed by atoms with E-state index < -0.39 is 9.84 Å². The van der Waals surface area contributed by atoms with E-state index >= 15 is 0 Å². The van der Waals surface area contributed by atoms with Crippen molar-refractivity contribution in [1.29, 1.82) is 0 Å². The predicted molar refractivity (Wildman–Crippen MR) is 83.6 cm³/mol. The lowest BCUT2D eigenvalue weighted by molar-refractivity contribution is -0.136. The summed E-state index contributed by atoms with van der Waals surface area (Å²) < 4.78 is 23.0. The summed E-state index contributed by atoms with van der Waals surface area (Å²) >= 11 is 0. The van der Waals surface area contributed by atoms with Crippen molar-refractivity contribution in [2.24, 2.45) is 17.6 Å². The van der Waals surface area contributed by atoms with Gasteiger partial charge in [0.15, 0.2) is 9.84 Å². The quantitative estimate of drug-likeness (QED) is 0.826. The minimum Gasteiger partial charge on any atom is -0.340 e. The number of hydrogen-bond donors (Lipinski definition) is 1. The van der Waals surface area contributed by atoms with Crippen LogP contribution in [0, 0.1) is 11.8 Å². The van der Waals surface area contributed by atoms with Crippen LogP contribution in [0.15, 0.2) is 0 Å². The Morgan fingerprint density at radius 2 is 1.95 bits per heavy atom. The Morgan fingerprint density at radius 1 is 1.24 bits per heavy atom. The zero-order valence-corrected chi connectivity index (χ0v) is 13.8. The zero-order valence-electron chi connectivity index (χ0n) is 13.0. The van der Waals surface area contributed by atoms with Gasteiger partial charge < -0.3 is 10.6 Å². The van der Waals surface area contributed by atoms with E-state index in [-0.39, 0.29) is 29.4 Å². The van der Waals surface area contributed by atoms with E-state index in [9.17, 15) is 13.2 Å². The van der Waals surface area contributed by atoms with E-state index in [1.807, 2.05) is 11.8 Å². The Bertz CT molecular complexity index is 464. The Balaban J connectivity index is 1.98. The summed E-state index contributed by atoms with van der Waals surface area (Å²) in [6.07, 6.45) is 5.50. The van der Waals surface area contributed by atoms with Crippen LogP contribution in [0.2, 0.25) is 0 Å². The molecule has 3 atom stereocenters. The second kappa shape index (κ2) is 7.09. The second-order valence-electron chi connectivity index (χ2n) is 6.50. The lowest BCUT2D eigenvalue weighted by Gasteiger charge is -2.39. The van der Waals surface area contributed by atoms with E-state index in [0.717, 1.165) is 19.3 Å². The molecule has 2 fully saturated rings. The number of carbonyl (C=O) groups is 1. The molecule has 1 aliphatic heterocycles. The van der Waals surface area contributed by atoms with Crippen LogP contribution in [0.5, 0.6) is 0 Å². The van der Waals surface area contributed by atoms with Crippen LogP contribution in [-0.2, 0) is 14.6 Å². The average Bonchev–Trinajstić information content (AvgIpc) is 2.79. The number of sulfone groups is 1. The monoisotopic (exact) mass is 316 g/mol. The number of amides is 1. The molecule has 1 saturated carbocycles. The average molecular weight is 316 g/mol. The summed E-state index contributed by atoms with van der Waals surface area (Å²) in [7, 11) is -2.90. The van der Waals surface area contributed by atoms with Gasteiger partial charge in [-0.05, 0) is 44.6 Å². The highest BCUT2D eigenvalue weighted by Gasteiger charge is 2.34. The molecule has 5 nitrogen and oxygen atoms in total. The van der Waals surface area contributed by atoms with Crippen LogP contribution in [0.1, 0.15) is 45.4 Å². The van der Waals surface area contributed by atoms with Crippen LogP contribution >= 0.6 is 0 Å². The molecule has 21 heavy (non-hydrogen) atoms. The first-order valence-corrected chi connectivity index (χ1v) is 9.99. The molecule has 2 aliphatic rings. The minimum absolute atomic E-state index is 0.0106. The van der Waals surface area contributed by atoms with E-state index in [0.29, 0.717) is 31.8 Å². The smallest absolute Gasteiger partial charge is 0.223 e. The number of rotatable bonds is 5. The Kier molecular flexibility index (Phi) is 5.66. The molecule has 122 valence electrons. The fourth-order valence-corrected chi connectivity index (χ4v) is 5.73. The molecule has 1 saturated heterocycles.